The van der Waals surface area contributed by atoms with Gasteiger partial charge in [0.15, 0.2) is 17.5 Å². The van der Waals surface area contributed by atoms with Crippen molar-refractivity contribution in [1.82, 2.24) is 19.9 Å². The highest BCUT2D eigenvalue weighted by Gasteiger charge is 2.30. The highest BCUT2D eigenvalue weighted by Crippen LogP contribution is 2.30. The zero-order chi connectivity index (χ0) is 16.4. The summed E-state index contributed by atoms with van der Waals surface area (Å²) in [7, 11) is -4.15. The normalized spacial score (nSPS) is 21.7. The van der Waals surface area contributed by atoms with Crippen LogP contribution in [0.15, 0.2) is 29.4 Å². The molecule has 7 nitrogen and oxygen atoms in total. The van der Waals surface area contributed by atoms with Crippen LogP contribution in [0.5, 0.6) is 0 Å². The molecule has 3 rings (SSSR count). The quantitative estimate of drug-likeness (QED) is 0.852. The first-order chi connectivity index (χ1) is 11.0. The largest absolute Gasteiger partial charge is 0.366 e. The van der Waals surface area contributed by atoms with Gasteiger partial charge in [0, 0.05) is 6.54 Å². The first-order valence-corrected chi connectivity index (χ1v) is 8.40. The van der Waals surface area contributed by atoms with Crippen molar-refractivity contribution in [2.45, 2.75) is 29.9 Å². The second-order valence-corrected chi connectivity index (χ2v) is 6.83. The van der Waals surface area contributed by atoms with Gasteiger partial charge in [0.25, 0.3) is 0 Å². The van der Waals surface area contributed by atoms with Crippen LogP contribution in [0.25, 0.3) is 0 Å². The first kappa shape index (κ1) is 16.0. The Morgan fingerprint density at radius 2 is 2.17 bits per heavy atom. The average Bonchev–Trinajstić information content (AvgIpc) is 3.18. The molecule has 0 aliphatic carbocycles. The van der Waals surface area contributed by atoms with Crippen LogP contribution in [0.1, 0.15) is 24.8 Å². The van der Waals surface area contributed by atoms with E-state index in [0.29, 0.717) is 18.7 Å². The molecule has 0 unspecified atom stereocenters. The van der Waals surface area contributed by atoms with Crippen LogP contribution in [0.4, 0.5) is 8.78 Å². The molecule has 0 saturated carbocycles. The van der Waals surface area contributed by atoms with Crippen molar-refractivity contribution in [3.8, 4) is 0 Å². The molecule has 1 saturated heterocycles. The number of H-pyrrole nitrogens is 1. The maximum absolute atomic E-state index is 13.6. The minimum absolute atomic E-state index is 0.0388. The number of sulfonamides is 1. The number of aromatic nitrogens is 3. The third-order valence-corrected chi connectivity index (χ3v) is 4.99. The van der Waals surface area contributed by atoms with E-state index in [1.165, 1.54) is 6.33 Å². The summed E-state index contributed by atoms with van der Waals surface area (Å²) in [5.41, 5.74) is 0. The number of rotatable bonds is 5. The number of ether oxygens (including phenoxy) is 1. The van der Waals surface area contributed by atoms with Gasteiger partial charge in [-0.05, 0) is 25.0 Å². The van der Waals surface area contributed by atoms with Gasteiger partial charge >= 0.3 is 0 Å². The molecule has 2 N–H and O–H groups in total. The first-order valence-electron chi connectivity index (χ1n) is 6.92. The zero-order valence-corrected chi connectivity index (χ0v) is 12.7. The molecule has 1 aromatic carbocycles. The van der Waals surface area contributed by atoms with E-state index in [4.69, 9.17) is 4.74 Å². The summed E-state index contributed by atoms with van der Waals surface area (Å²) in [6, 6.07) is 3.00. The van der Waals surface area contributed by atoms with Crippen molar-refractivity contribution in [2.75, 3.05) is 6.54 Å². The smallest absolute Gasteiger partial charge is 0.243 e. The number of hydrogen-bond donors (Lipinski definition) is 2. The highest BCUT2D eigenvalue weighted by molar-refractivity contribution is 7.89. The second-order valence-electron chi connectivity index (χ2n) is 5.10. The van der Waals surface area contributed by atoms with Crippen molar-refractivity contribution < 1.29 is 21.9 Å². The van der Waals surface area contributed by atoms with Crippen molar-refractivity contribution in [3.63, 3.8) is 0 Å². The molecule has 1 aliphatic rings. The SMILES string of the molecule is O=S(=O)(NC[C@H]1CC[C@@H](c2ncn[nH]2)O1)c1cccc(F)c1F. The van der Waals surface area contributed by atoms with Crippen LogP contribution < -0.4 is 4.72 Å². The summed E-state index contributed by atoms with van der Waals surface area (Å²) in [4.78, 5) is 3.27. The van der Waals surface area contributed by atoms with E-state index in [-0.39, 0.29) is 18.8 Å². The lowest BCUT2D eigenvalue weighted by molar-refractivity contribution is 0.0430. The van der Waals surface area contributed by atoms with E-state index in [2.05, 4.69) is 19.9 Å². The minimum Gasteiger partial charge on any atom is -0.366 e. The third-order valence-electron chi connectivity index (χ3n) is 3.55. The van der Waals surface area contributed by atoms with Gasteiger partial charge in [0.1, 0.15) is 17.3 Å². The van der Waals surface area contributed by atoms with E-state index < -0.39 is 26.6 Å². The molecule has 0 spiro atoms. The van der Waals surface area contributed by atoms with Gasteiger partial charge < -0.3 is 4.74 Å². The van der Waals surface area contributed by atoms with Gasteiger partial charge in [-0.1, -0.05) is 6.07 Å². The topological polar surface area (TPSA) is 97.0 Å². The average molecular weight is 344 g/mol. The number of aromatic amines is 1. The molecule has 1 aromatic heterocycles. The van der Waals surface area contributed by atoms with Crippen LogP contribution >= 0.6 is 0 Å². The van der Waals surface area contributed by atoms with Crippen molar-refractivity contribution in [1.29, 1.82) is 0 Å². The zero-order valence-electron chi connectivity index (χ0n) is 11.9. The lowest BCUT2D eigenvalue weighted by Gasteiger charge is -2.13. The standard InChI is InChI=1S/C13H14F2N4O3S/c14-9-2-1-3-11(12(9)15)23(20,21)18-6-8-4-5-10(22-8)13-16-7-17-19-13/h1-3,7-8,10,18H,4-6H2,(H,16,17,19)/t8-,10+/m1/s1. The number of halogens is 2. The van der Waals surface area contributed by atoms with Crippen molar-refractivity contribution >= 4 is 10.0 Å². The molecule has 1 aliphatic heterocycles. The van der Waals surface area contributed by atoms with Crippen LogP contribution in [0, 0.1) is 11.6 Å². The molecule has 0 amide bonds. The third kappa shape index (κ3) is 3.38. The number of benzene rings is 1. The van der Waals surface area contributed by atoms with Gasteiger partial charge in [0.2, 0.25) is 10.0 Å². The number of hydrogen-bond acceptors (Lipinski definition) is 5. The molecule has 124 valence electrons. The Morgan fingerprint density at radius 1 is 1.35 bits per heavy atom. The number of nitrogens with one attached hydrogen (secondary N) is 2. The van der Waals surface area contributed by atoms with Crippen LogP contribution in [0.2, 0.25) is 0 Å². The van der Waals surface area contributed by atoms with Gasteiger partial charge in [-0.25, -0.2) is 26.9 Å². The Bertz CT molecular complexity index is 783. The van der Waals surface area contributed by atoms with Gasteiger partial charge in [-0.15, -0.1) is 0 Å². The molecule has 2 heterocycles. The van der Waals surface area contributed by atoms with Crippen molar-refractivity contribution in [2.24, 2.45) is 0 Å². The summed E-state index contributed by atoms with van der Waals surface area (Å²) in [6.07, 6.45) is 1.98. The van der Waals surface area contributed by atoms with Crippen LogP contribution in [-0.2, 0) is 14.8 Å². The Morgan fingerprint density at radius 3 is 2.91 bits per heavy atom. The Hall–Kier alpha value is -1.91. The highest BCUT2D eigenvalue weighted by atomic mass is 32.2. The molecule has 0 bridgehead atoms. The molecular weight excluding hydrogens is 330 g/mol. The fraction of sp³-hybridized carbons (Fsp3) is 0.385. The van der Waals surface area contributed by atoms with Gasteiger partial charge in [0.05, 0.1) is 6.10 Å². The monoisotopic (exact) mass is 344 g/mol. The van der Waals surface area contributed by atoms with E-state index >= 15 is 0 Å². The summed E-state index contributed by atoms with van der Waals surface area (Å²) in [6.45, 7) is -0.0388. The summed E-state index contributed by atoms with van der Waals surface area (Å²) < 4.78 is 58.8. The Kier molecular flexibility index (Phi) is 4.37. The predicted octanol–water partition coefficient (Wildman–Crippen LogP) is 1.28. The lowest BCUT2D eigenvalue weighted by Crippen LogP contribution is -2.32. The van der Waals surface area contributed by atoms with E-state index in [9.17, 15) is 17.2 Å². The van der Waals surface area contributed by atoms with E-state index in [0.717, 1.165) is 18.2 Å². The molecule has 10 heteroatoms. The summed E-state index contributed by atoms with van der Waals surface area (Å²) in [5.74, 6) is -2.03. The maximum atomic E-state index is 13.6. The summed E-state index contributed by atoms with van der Waals surface area (Å²) >= 11 is 0. The fourth-order valence-corrected chi connectivity index (χ4v) is 3.55. The Labute approximate surface area is 131 Å². The molecule has 23 heavy (non-hydrogen) atoms. The van der Waals surface area contributed by atoms with Gasteiger partial charge in [-0.2, -0.15) is 5.10 Å². The second kappa shape index (κ2) is 6.30. The molecule has 1 fully saturated rings. The van der Waals surface area contributed by atoms with Crippen LogP contribution in [0.3, 0.4) is 0 Å². The molecular formula is C13H14F2N4O3S. The molecule has 0 radical (unpaired) electrons. The fourth-order valence-electron chi connectivity index (χ4n) is 2.40. The maximum Gasteiger partial charge on any atom is 0.243 e. The van der Waals surface area contributed by atoms with E-state index in [1.54, 1.807) is 0 Å². The predicted molar refractivity (Wildman–Crippen MR) is 74.8 cm³/mol. The molecule has 2 atom stereocenters. The van der Waals surface area contributed by atoms with Crippen LogP contribution in [-0.4, -0.2) is 36.2 Å². The Balaban J connectivity index is 1.63. The van der Waals surface area contributed by atoms with Crippen molar-refractivity contribution in [3.05, 3.63) is 42.0 Å². The molecule has 2 aromatic rings. The minimum atomic E-state index is -4.15. The van der Waals surface area contributed by atoms with E-state index in [1.807, 2.05) is 0 Å². The lowest BCUT2D eigenvalue weighted by atomic mass is 10.2. The summed E-state index contributed by atoms with van der Waals surface area (Å²) in [5, 5.41) is 6.43. The van der Waals surface area contributed by atoms with Gasteiger partial charge in [-0.3, -0.25) is 5.10 Å². The number of nitrogens with zero attached hydrogens (tertiary/aromatic N) is 2.